The minimum atomic E-state index is -0.0414. The maximum absolute atomic E-state index is 5.62. The monoisotopic (exact) mass is 288 g/mol. The van der Waals surface area contributed by atoms with Crippen molar-refractivity contribution in [3.8, 4) is 11.5 Å². The SMILES string of the molecule is Cc1noc(C(C)Sc2nnc(-c3ccccc3)o2)n1. The highest BCUT2D eigenvalue weighted by molar-refractivity contribution is 7.99. The van der Waals surface area contributed by atoms with E-state index in [4.69, 9.17) is 8.94 Å². The molecule has 1 atom stereocenters. The van der Waals surface area contributed by atoms with E-state index in [0.717, 1.165) is 5.56 Å². The maximum Gasteiger partial charge on any atom is 0.277 e. The van der Waals surface area contributed by atoms with Crippen LogP contribution in [0.25, 0.3) is 11.5 Å². The van der Waals surface area contributed by atoms with Gasteiger partial charge in [-0.15, -0.1) is 10.2 Å². The van der Waals surface area contributed by atoms with Gasteiger partial charge in [-0.3, -0.25) is 0 Å². The second kappa shape index (κ2) is 5.46. The van der Waals surface area contributed by atoms with E-state index in [9.17, 15) is 0 Å². The van der Waals surface area contributed by atoms with Crippen LogP contribution in [0.1, 0.15) is 23.9 Å². The quantitative estimate of drug-likeness (QED) is 0.681. The number of nitrogens with zero attached hydrogens (tertiary/aromatic N) is 4. The average Bonchev–Trinajstić information content (AvgIpc) is 3.09. The highest BCUT2D eigenvalue weighted by Gasteiger charge is 2.18. The summed E-state index contributed by atoms with van der Waals surface area (Å²) in [7, 11) is 0. The average molecular weight is 288 g/mol. The molecule has 0 fully saturated rings. The summed E-state index contributed by atoms with van der Waals surface area (Å²) in [6, 6.07) is 9.64. The molecule has 0 aliphatic rings. The van der Waals surface area contributed by atoms with E-state index in [1.54, 1.807) is 6.92 Å². The Balaban J connectivity index is 1.74. The van der Waals surface area contributed by atoms with Gasteiger partial charge in [-0.2, -0.15) is 4.98 Å². The standard InChI is InChI=1S/C13H12N4O2S/c1-8(11-14-9(2)17-19-11)20-13-16-15-12(18-13)10-6-4-3-5-7-10/h3-8H,1-2H3. The molecule has 3 aromatic rings. The first-order valence-electron chi connectivity index (χ1n) is 6.08. The third-order valence-electron chi connectivity index (χ3n) is 2.60. The second-order valence-electron chi connectivity index (χ2n) is 4.18. The highest BCUT2D eigenvalue weighted by atomic mass is 32.2. The Labute approximate surface area is 119 Å². The lowest BCUT2D eigenvalue weighted by molar-refractivity contribution is 0.375. The number of hydrogen-bond donors (Lipinski definition) is 0. The van der Waals surface area contributed by atoms with E-state index in [2.05, 4.69) is 20.3 Å². The third kappa shape index (κ3) is 2.72. The minimum absolute atomic E-state index is 0.0414. The number of rotatable bonds is 4. The van der Waals surface area contributed by atoms with Crippen molar-refractivity contribution in [3.05, 3.63) is 42.0 Å². The largest absolute Gasteiger partial charge is 0.411 e. The van der Waals surface area contributed by atoms with Gasteiger partial charge in [-0.25, -0.2) is 0 Å². The Morgan fingerprint density at radius 1 is 1.15 bits per heavy atom. The molecule has 1 aromatic carbocycles. The van der Waals surface area contributed by atoms with Crippen LogP contribution in [0.5, 0.6) is 0 Å². The normalized spacial score (nSPS) is 12.5. The van der Waals surface area contributed by atoms with Crippen LogP contribution in [0, 0.1) is 6.92 Å². The van der Waals surface area contributed by atoms with Crippen molar-refractivity contribution in [2.45, 2.75) is 24.3 Å². The van der Waals surface area contributed by atoms with E-state index < -0.39 is 0 Å². The van der Waals surface area contributed by atoms with Crippen molar-refractivity contribution in [2.24, 2.45) is 0 Å². The molecule has 0 amide bonds. The van der Waals surface area contributed by atoms with Crippen LogP contribution in [-0.4, -0.2) is 20.3 Å². The fraction of sp³-hybridized carbons (Fsp3) is 0.231. The number of aromatic nitrogens is 4. The van der Waals surface area contributed by atoms with Crippen LogP contribution in [0.3, 0.4) is 0 Å². The number of benzene rings is 1. The molecule has 0 radical (unpaired) electrons. The maximum atomic E-state index is 5.62. The number of thioether (sulfide) groups is 1. The molecule has 6 nitrogen and oxygen atoms in total. The Bertz CT molecular complexity index is 695. The van der Waals surface area contributed by atoms with Crippen molar-refractivity contribution in [3.63, 3.8) is 0 Å². The minimum Gasteiger partial charge on any atom is -0.411 e. The summed E-state index contributed by atoms with van der Waals surface area (Å²) in [5.74, 6) is 1.66. The number of aryl methyl sites for hydroxylation is 1. The van der Waals surface area contributed by atoms with Crippen LogP contribution >= 0.6 is 11.8 Å². The molecule has 0 saturated heterocycles. The molecule has 0 aliphatic heterocycles. The lowest BCUT2D eigenvalue weighted by Crippen LogP contribution is -1.88. The van der Waals surface area contributed by atoms with Crippen molar-refractivity contribution in [1.82, 2.24) is 20.3 Å². The van der Waals surface area contributed by atoms with Crippen LogP contribution < -0.4 is 0 Å². The van der Waals surface area contributed by atoms with Crippen LogP contribution in [0.4, 0.5) is 0 Å². The summed E-state index contributed by atoms with van der Waals surface area (Å²) in [5.41, 5.74) is 0.896. The van der Waals surface area contributed by atoms with E-state index >= 15 is 0 Å². The molecule has 0 bridgehead atoms. The van der Waals surface area contributed by atoms with E-state index in [1.165, 1.54) is 11.8 Å². The fourth-order valence-electron chi connectivity index (χ4n) is 1.63. The molecule has 102 valence electrons. The molecule has 1 unspecified atom stereocenters. The zero-order valence-electron chi connectivity index (χ0n) is 11.0. The Morgan fingerprint density at radius 2 is 1.95 bits per heavy atom. The smallest absolute Gasteiger partial charge is 0.277 e. The second-order valence-corrected chi connectivity index (χ2v) is 5.47. The first kappa shape index (κ1) is 12.9. The lowest BCUT2D eigenvalue weighted by Gasteiger charge is -2.00. The zero-order chi connectivity index (χ0) is 13.9. The molecule has 2 heterocycles. The van der Waals surface area contributed by atoms with Crippen LogP contribution in [0.15, 0.2) is 44.5 Å². The predicted molar refractivity (Wildman–Crippen MR) is 73.0 cm³/mol. The van der Waals surface area contributed by atoms with Gasteiger partial charge in [-0.05, 0) is 26.0 Å². The van der Waals surface area contributed by atoms with Crippen LogP contribution in [0.2, 0.25) is 0 Å². The summed E-state index contributed by atoms with van der Waals surface area (Å²) < 4.78 is 10.7. The lowest BCUT2D eigenvalue weighted by atomic mass is 10.2. The van der Waals surface area contributed by atoms with Gasteiger partial charge in [0.05, 0.1) is 5.25 Å². The summed E-state index contributed by atoms with van der Waals surface area (Å²) in [5, 5.41) is 12.3. The zero-order valence-corrected chi connectivity index (χ0v) is 11.8. The highest BCUT2D eigenvalue weighted by Crippen LogP contribution is 2.34. The molecule has 20 heavy (non-hydrogen) atoms. The predicted octanol–water partition coefficient (Wildman–Crippen LogP) is 3.28. The van der Waals surface area contributed by atoms with Crippen molar-refractivity contribution < 1.29 is 8.94 Å². The van der Waals surface area contributed by atoms with Gasteiger partial charge in [0.15, 0.2) is 5.82 Å². The number of hydrogen-bond acceptors (Lipinski definition) is 7. The van der Waals surface area contributed by atoms with Crippen molar-refractivity contribution in [1.29, 1.82) is 0 Å². The molecular weight excluding hydrogens is 276 g/mol. The molecule has 0 saturated carbocycles. The van der Waals surface area contributed by atoms with Gasteiger partial charge >= 0.3 is 0 Å². The molecule has 0 spiro atoms. The van der Waals surface area contributed by atoms with E-state index in [1.807, 2.05) is 37.3 Å². The van der Waals surface area contributed by atoms with E-state index in [-0.39, 0.29) is 5.25 Å². The molecule has 2 aromatic heterocycles. The topological polar surface area (TPSA) is 77.8 Å². The van der Waals surface area contributed by atoms with Gasteiger partial charge in [-0.1, -0.05) is 35.1 Å². The third-order valence-corrected chi connectivity index (χ3v) is 3.52. The Morgan fingerprint density at radius 3 is 2.65 bits per heavy atom. The van der Waals surface area contributed by atoms with Gasteiger partial charge in [0, 0.05) is 5.56 Å². The summed E-state index contributed by atoms with van der Waals surface area (Å²) in [6.45, 7) is 3.73. The first-order chi connectivity index (χ1) is 9.72. The molecule has 3 rings (SSSR count). The van der Waals surface area contributed by atoms with Gasteiger partial charge in [0.25, 0.3) is 5.22 Å². The molecule has 0 N–H and O–H groups in total. The molecular formula is C13H12N4O2S. The van der Waals surface area contributed by atoms with Gasteiger partial charge < -0.3 is 8.94 Å². The first-order valence-corrected chi connectivity index (χ1v) is 6.96. The summed E-state index contributed by atoms with van der Waals surface area (Å²) in [4.78, 5) is 4.18. The van der Waals surface area contributed by atoms with Gasteiger partial charge in [0.2, 0.25) is 11.8 Å². The van der Waals surface area contributed by atoms with E-state index in [0.29, 0.717) is 22.8 Å². The van der Waals surface area contributed by atoms with Crippen LogP contribution in [-0.2, 0) is 0 Å². The van der Waals surface area contributed by atoms with Crippen molar-refractivity contribution >= 4 is 11.8 Å². The fourth-order valence-corrected chi connectivity index (χ4v) is 2.35. The Hall–Kier alpha value is -2.15. The molecule has 0 aliphatic carbocycles. The van der Waals surface area contributed by atoms with Crippen molar-refractivity contribution in [2.75, 3.05) is 0 Å². The molecule has 7 heteroatoms. The summed E-state index contributed by atoms with van der Waals surface area (Å²) in [6.07, 6.45) is 0. The Kier molecular flexibility index (Phi) is 3.51. The van der Waals surface area contributed by atoms with Gasteiger partial charge in [0.1, 0.15) is 0 Å². The summed E-state index contributed by atoms with van der Waals surface area (Å²) >= 11 is 1.39.